The smallest absolute Gasteiger partial charge is 0.0758 e. The molecule has 0 heterocycles. The first-order chi connectivity index (χ1) is 4.66. The van der Waals surface area contributed by atoms with Crippen LogP contribution < -0.4 is 0 Å². The lowest BCUT2D eigenvalue weighted by molar-refractivity contribution is 0.752. The second kappa shape index (κ2) is 5.15. The Bertz CT molecular complexity index is 127. The van der Waals surface area contributed by atoms with Gasteiger partial charge in [-0.3, -0.25) is 4.99 Å². The van der Waals surface area contributed by atoms with Crippen LogP contribution in [0.25, 0.3) is 0 Å². The molecular formula is C8H16N2. The van der Waals surface area contributed by atoms with E-state index in [0.29, 0.717) is 18.2 Å². The van der Waals surface area contributed by atoms with Gasteiger partial charge in [0.1, 0.15) is 0 Å². The predicted molar refractivity (Wildman–Crippen MR) is 46.2 cm³/mol. The zero-order valence-electron chi connectivity index (χ0n) is 7.02. The molecule has 1 atom stereocenters. The average molecular weight is 140 g/mol. The molecule has 0 unspecified atom stereocenters. The molecule has 0 aromatic carbocycles. The zero-order valence-corrected chi connectivity index (χ0v) is 7.02. The third-order valence-electron chi connectivity index (χ3n) is 1.33. The van der Waals surface area contributed by atoms with E-state index in [1.165, 1.54) is 0 Å². The second-order valence-corrected chi connectivity index (χ2v) is 2.66. The van der Waals surface area contributed by atoms with Crippen molar-refractivity contribution in [3.05, 3.63) is 0 Å². The van der Waals surface area contributed by atoms with Crippen LogP contribution in [0.4, 0.5) is 0 Å². The maximum absolute atomic E-state index is 7.08. The summed E-state index contributed by atoms with van der Waals surface area (Å²) in [6.45, 7) is 6.59. The fourth-order valence-corrected chi connectivity index (χ4v) is 0.475. The van der Waals surface area contributed by atoms with Gasteiger partial charge in [-0.15, -0.1) is 0 Å². The van der Waals surface area contributed by atoms with Crippen molar-refractivity contribution in [1.82, 2.24) is 0 Å². The number of rotatable bonds is 4. The van der Waals surface area contributed by atoms with Gasteiger partial charge in [-0.05, 0) is 19.3 Å². The van der Waals surface area contributed by atoms with Crippen LogP contribution in [-0.4, -0.2) is 18.5 Å². The van der Waals surface area contributed by atoms with Crippen LogP contribution in [0.2, 0.25) is 0 Å². The van der Waals surface area contributed by atoms with Gasteiger partial charge in [-0.1, -0.05) is 13.8 Å². The molecule has 0 bridgehead atoms. The van der Waals surface area contributed by atoms with Crippen molar-refractivity contribution in [3.63, 3.8) is 0 Å². The second-order valence-electron chi connectivity index (χ2n) is 2.66. The monoisotopic (exact) mass is 140 g/mol. The van der Waals surface area contributed by atoms with Gasteiger partial charge in [0.25, 0.3) is 0 Å². The highest BCUT2D eigenvalue weighted by Crippen LogP contribution is 1.94. The third-order valence-corrected chi connectivity index (χ3v) is 1.33. The quantitative estimate of drug-likeness (QED) is 0.581. The molecule has 10 heavy (non-hydrogen) atoms. The van der Waals surface area contributed by atoms with E-state index in [9.17, 15) is 0 Å². The Morgan fingerprint density at radius 2 is 2.30 bits per heavy atom. The van der Waals surface area contributed by atoms with Crippen LogP contribution in [0.5, 0.6) is 0 Å². The SMILES string of the molecule is CC[C@H](C)/C=N\CC(C)=N. The van der Waals surface area contributed by atoms with Crippen LogP contribution in [-0.2, 0) is 0 Å². The van der Waals surface area contributed by atoms with Gasteiger partial charge in [0.05, 0.1) is 6.54 Å². The molecule has 0 aliphatic heterocycles. The highest BCUT2D eigenvalue weighted by molar-refractivity contribution is 5.82. The molecule has 0 spiro atoms. The van der Waals surface area contributed by atoms with E-state index in [-0.39, 0.29) is 0 Å². The lowest BCUT2D eigenvalue weighted by Crippen LogP contribution is -1.98. The van der Waals surface area contributed by atoms with Crippen LogP contribution in [0.15, 0.2) is 4.99 Å². The molecule has 0 aromatic rings. The molecule has 2 heteroatoms. The van der Waals surface area contributed by atoms with Crippen LogP contribution >= 0.6 is 0 Å². The Kier molecular flexibility index (Phi) is 4.81. The van der Waals surface area contributed by atoms with Crippen molar-refractivity contribution in [2.24, 2.45) is 10.9 Å². The minimum absolute atomic E-state index is 0.555. The van der Waals surface area contributed by atoms with E-state index >= 15 is 0 Å². The molecule has 2 nitrogen and oxygen atoms in total. The van der Waals surface area contributed by atoms with Crippen molar-refractivity contribution in [2.75, 3.05) is 6.54 Å². The topological polar surface area (TPSA) is 36.2 Å². The first-order valence-electron chi connectivity index (χ1n) is 3.70. The fourth-order valence-electron chi connectivity index (χ4n) is 0.475. The summed E-state index contributed by atoms with van der Waals surface area (Å²) in [5.41, 5.74) is 0.625. The van der Waals surface area contributed by atoms with Gasteiger partial charge in [0, 0.05) is 11.9 Å². The van der Waals surface area contributed by atoms with Gasteiger partial charge in [-0.25, -0.2) is 0 Å². The summed E-state index contributed by atoms with van der Waals surface area (Å²) in [5, 5.41) is 7.08. The minimum atomic E-state index is 0.555. The molecule has 0 saturated heterocycles. The normalized spacial score (nSPS) is 13.9. The van der Waals surface area contributed by atoms with Crippen molar-refractivity contribution < 1.29 is 0 Å². The highest BCUT2D eigenvalue weighted by atomic mass is 14.7. The van der Waals surface area contributed by atoms with E-state index in [1.807, 2.05) is 6.21 Å². The largest absolute Gasteiger partial charge is 0.308 e. The van der Waals surface area contributed by atoms with Gasteiger partial charge in [0.2, 0.25) is 0 Å². The maximum Gasteiger partial charge on any atom is 0.0758 e. The summed E-state index contributed by atoms with van der Waals surface area (Å²) in [6, 6.07) is 0. The average Bonchev–Trinajstić information content (AvgIpc) is 1.87. The van der Waals surface area contributed by atoms with Crippen LogP contribution in [0.3, 0.4) is 0 Å². The first-order valence-corrected chi connectivity index (χ1v) is 3.70. The molecule has 58 valence electrons. The van der Waals surface area contributed by atoms with Gasteiger partial charge < -0.3 is 5.41 Å². The Labute approximate surface area is 62.9 Å². The maximum atomic E-state index is 7.08. The fraction of sp³-hybridized carbons (Fsp3) is 0.750. The predicted octanol–water partition coefficient (Wildman–Crippen LogP) is 2.14. The number of nitrogens with zero attached hydrogens (tertiary/aromatic N) is 1. The Hall–Kier alpha value is -0.660. The Balaban J connectivity index is 3.45. The lowest BCUT2D eigenvalue weighted by atomic mass is 10.1. The highest BCUT2D eigenvalue weighted by Gasteiger charge is 1.90. The zero-order chi connectivity index (χ0) is 7.98. The number of hydrogen-bond acceptors (Lipinski definition) is 2. The lowest BCUT2D eigenvalue weighted by Gasteiger charge is -1.97. The van der Waals surface area contributed by atoms with Crippen LogP contribution in [0, 0.1) is 11.3 Å². The van der Waals surface area contributed by atoms with Crippen molar-refractivity contribution in [1.29, 1.82) is 5.41 Å². The molecule has 0 aliphatic carbocycles. The van der Waals surface area contributed by atoms with Gasteiger partial charge in [0.15, 0.2) is 0 Å². The molecule has 0 saturated carbocycles. The molecule has 0 rings (SSSR count). The van der Waals surface area contributed by atoms with E-state index in [4.69, 9.17) is 5.41 Å². The molecule has 0 amide bonds. The summed E-state index contributed by atoms with van der Waals surface area (Å²) < 4.78 is 0. The summed E-state index contributed by atoms with van der Waals surface area (Å²) in [5.74, 6) is 0.555. The molecular weight excluding hydrogens is 124 g/mol. The minimum Gasteiger partial charge on any atom is -0.308 e. The van der Waals surface area contributed by atoms with E-state index in [1.54, 1.807) is 6.92 Å². The Morgan fingerprint density at radius 1 is 1.70 bits per heavy atom. The number of hydrogen-bond donors (Lipinski definition) is 1. The van der Waals surface area contributed by atoms with Crippen molar-refractivity contribution in [3.8, 4) is 0 Å². The summed E-state index contributed by atoms with van der Waals surface area (Å²) in [4.78, 5) is 4.09. The van der Waals surface area contributed by atoms with E-state index in [2.05, 4.69) is 18.8 Å². The number of nitrogens with one attached hydrogen (secondary N) is 1. The third kappa shape index (κ3) is 5.48. The molecule has 0 radical (unpaired) electrons. The molecule has 0 fully saturated rings. The van der Waals surface area contributed by atoms with Crippen molar-refractivity contribution in [2.45, 2.75) is 27.2 Å². The molecule has 0 aromatic heterocycles. The van der Waals surface area contributed by atoms with Gasteiger partial charge in [-0.2, -0.15) is 0 Å². The van der Waals surface area contributed by atoms with E-state index in [0.717, 1.165) is 6.42 Å². The van der Waals surface area contributed by atoms with Crippen LogP contribution in [0.1, 0.15) is 27.2 Å². The molecule has 0 aliphatic rings. The standard InChI is InChI=1S/C8H16N2/c1-4-7(2)5-10-6-8(3)9/h5,7,9H,4,6H2,1-3H3/b9-8?,10-5-/t7-/m0/s1. The summed E-state index contributed by atoms with van der Waals surface area (Å²) in [7, 11) is 0. The van der Waals surface area contributed by atoms with E-state index < -0.39 is 0 Å². The summed E-state index contributed by atoms with van der Waals surface area (Å²) >= 11 is 0. The van der Waals surface area contributed by atoms with Gasteiger partial charge >= 0.3 is 0 Å². The summed E-state index contributed by atoms with van der Waals surface area (Å²) in [6.07, 6.45) is 3.05. The Morgan fingerprint density at radius 3 is 2.70 bits per heavy atom. The first kappa shape index (κ1) is 9.34. The molecule has 1 N–H and O–H groups in total. The van der Waals surface area contributed by atoms with Crippen molar-refractivity contribution >= 4 is 11.9 Å². The number of aliphatic imine (C=N–C) groups is 1.